The number of piperidine rings is 2. The molecule has 3 atom stereocenters. The van der Waals surface area contributed by atoms with Crippen molar-refractivity contribution in [2.75, 3.05) is 18.1 Å². The highest BCUT2D eigenvalue weighted by Crippen LogP contribution is 2.40. The zero-order valence-electron chi connectivity index (χ0n) is 14.1. The van der Waals surface area contributed by atoms with E-state index in [-0.39, 0.29) is 7.05 Å². The highest BCUT2D eigenvalue weighted by atomic mass is 35.5. The fraction of sp³-hybridized carbons (Fsp3) is 0.750. The van der Waals surface area contributed by atoms with E-state index in [0.717, 1.165) is 37.4 Å². The lowest BCUT2D eigenvalue weighted by molar-refractivity contribution is 0.0895. The van der Waals surface area contributed by atoms with Gasteiger partial charge in [0.15, 0.2) is 16.7 Å². The molecule has 1 unspecified atom stereocenters. The average Bonchev–Trinajstić information content (AvgIpc) is 2.75. The van der Waals surface area contributed by atoms with Crippen LogP contribution in [0.15, 0.2) is 6.07 Å². The minimum Gasteiger partial charge on any atom is -0.489 e. The predicted octanol–water partition coefficient (Wildman–Crippen LogP) is 2.21. The van der Waals surface area contributed by atoms with Gasteiger partial charge in [0.2, 0.25) is 0 Å². The van der Waals surface area contributed by atoms with Crippen molar-refractivity contribution >= 4 is 24.5 Å². The van der Waals surface area contributed by atoms with Crippen molar-refractivity contribution in [1.29, 1.82) is 0 Å². The molecule has 1 aromatic heterocycles. The van der Waals surface area contributed by atoms with Gasteiger partial charge in [0, 0.05) is 30.7 Å². The molecule has 0 aliphatic carbocycles. The first-order valence-electron chi connectivity index (χ1n) is 9.01. The summed E-state index contributed by atoms with van der Waals surface area (Å²) in [6.45, 7) is 3.52. The number of rotatable bonds is 2. The van der Waals surface area contributed by atoms with Gasteiger partial charge in [0.05, 0.1) is 6.61 Å². The van der Waals surface area contributed by atoms with Crippen LogP contribution in [0.5, 0.6) is 5.75 Å². The quantitative estimate of drug-likeness (QED) is 0.825. The summed E-state index contributed by atoms with van der Waals surface area (Å²) in [6, 6.07) is 3.10. The summed E-state index contributed by atoms with van der Waals surface area (Å²) in [4.78, 5) is 4.69. The number of ether oxygens (including phenoxy) is 1. The van der Waals surface area contributed by atoms with Crippen LogP contribution in [-0.2, 0) is 0 Å². The second-order valence-electron chi connectivity index (χ2n) is 7.19. The molecular formula is C16H24BClN4O2. The van der Waals surface area contributed by atoms with Gasteiger partial charge in [-0.3, -0.25) is 0 Å². The van der Waals surface area contributed by atoms with E-state index in [1.807, 2.05) is 6.82 Å². The Morgan fingerprint density at radius 2 is 1.96 bits per heavy atom. The van der Waals surface area contributed by atoms with Gasteiger partial charge in [-0.05, 0) is 38.9 Å². The van der Waals surface area contributed by atoms with Gasteiger partial charge in [-0.25, -0.2) is 0 Å². The number of aromatic nitrogens is 2. The highest BCUT2D eigenvalue weighted by Gasteiger charge is 2.43. The Hall–Kier alpha value is -1.05. The molecule has 2 bridgehead atoms. The molecule has 130 valence electrons. The number of nitrogens with zero attached hydrogens (tertiary/aromatic N) is 4. The normalized spacial score (nSPS) is 30.3. The summed E-state index contributed by atoms with van der Waals surface area (Å²) < 4.78 is 5.82. The molecule has 0 saturated carbocycles. The molecule has 3 aliphatic heterocycles. The van der Waals surface area contributed by atoms with E-state index in [4.69, 9.17) is 16.3 Å². The van der Waals surface area contributed by atoms with Crippen LogP contribution in [0.3, 0.4) is 0 Å². The molecule has 0 radical (unpaired) electrons. The standard InChI is InChI=1S/C16H24BClN4O2/c1-17(23)22-11-4-2-5-12(22)9-13(8-11)21-6-3-7-24-14-10-15(18)19-20-16(14)21/h10-13,23H,2-9H2,1H3/t11-,12?,13-/m1/s1. The number of anilines is 1. The fourth-order valence-electron chi connectivity index (χ4n) is 4.78. The fourth-order valence-corrected chi connectivity index (χ4v) is 4.92. The van der Waals surface area contributed by atoms with Gasteiger partial charge in [0.1, 0.15) is 0 Å². The summed E-state index contributed by atoms with van der Waals surface area (Å²) in [7, 11) is -0.361. The molecule has 3 aliphatic rings. The Bertz CT molecular complexity index is 591. The first kappa shape index (κ1) is 16.4. The van der Waals surface area contributed by atoms with Crippen LogP contribution in [-0.4, -0.2) is 58.4 Å². The molecule has 0 spiro atoms. The lowest BCUT2D eigenvalue weighted by Crippen LogP contribution is -2.61. The molecule has 8 heteroatoms. The van der Waals surface area contributed by atoms with Crippen molar-refractivity contribution in [1.82, 2.24) is 15.0 Å². The molecule has 6 nitrogen and oxygen atoms in total. The summed E-state index contributed by atoms with van der Waals surface area (Å²) in [5, 5.41) is 18.9. The van der Waals surface area contributed by atoms with Gasteiger partial charge in [0.25, 0.3) is 0 Å². The van der Waals surface area contributed by atoms with Crippen molar-refractivity contribution in [3.63, 3.8) is 0 Å². The molecule has 4 rings (SSSR count). The summed E-state index contributed by atoms with van der Waals surface area (Å²) >= 11 is 5.99. The number of hydrogen-bond acceptors (Lipinski definition) is 6. The van der Waals surface area contributed by atoms with Crippen LogP contribution in [0.4, 0.5) is 5.82 Å². The maximum atomic E-state index is 10.2. The third kappa shape index (κ3) is 2.98. The Balaban J connectivity index is 1.61. The first-order valence-corrected chi connectivity index (χ1v) is 9.39. The second-order valence-corrected chi connectivity index (χ2v) is 7.58. The van der Waals surface area contributed by atoms with Crippen LogP contribution in [0.1, 0.15) is 38.5 Å². The molecular weight excluding hydrogens is 326 g/mol. The molecule has 0 aromatic carbocycles. The maximum absolute atomic E-state index is 10.2. The summed E-state index contributed by atoms with van der Waals surface area (Å²) in [6.07, 6.45) is 6.69. The molecule has 4 heterocycles. The Morgan fingerprint density at radius 1 is 1.21 bits per heavy atom. The number of fused-ring (bicyclic) bond motifs is 3. The smallest absolute Gasteiger partial charge is 0.376 e. The molecule has 2 saturated heterocycles. The van der Waals surface area contributed by atoms with Gasteiger partial charge >= 0.3 is 7.05 Å². The van der Waals surface area contributed by atoms with E-state index in [0.29, 0.717) is 29.9 Å². The zero-order valence-corrected chi connectivity index (χ0v) is 14.8. The maximum Gasteiger partial charge on any atom is 0.376 e. The van der Waals surface area contributed by atoms with Crippen molar-refractivity contribution in [3.8, 4) is 5.75 Å². The molecule has 1 aromatic rings. The van der Waals surface area contributed by atoms with Crippen LogP contribution in [0, 0.1) is 0 Å². The third-order valence-electron chi connectivity index (χ3n) is 5.66. The SMILES string of the molecule is CB(O)N1C2CCC[C@@H]1C[C@@H](N1CCCOc3cc(Cl)nnc31)C2. The lowest BCUT2D eigenvalue weighted by Gasteiger charge is -2.52. The lowest BCUT2D eigenvalue weighted by atomic mass is 9.70. The minimum atomic E-state index is -0.361. The average molecular weight is 351 g/mol. The van der Waals surface area contributed by atoms with Crippen molar-refractivity contribution in [3.05, 3.63) is 11.2 Å². The Morgan fingerprint density at radius 3 is 2.67 bits per heavy atom. The van der Waals surface area contributed by atoms with Gasteiger partial charge in [-0.1, -0.05) is 18.0 Å². The Labute approximate surface area is 148 Å². The molecule has 24 heavy (non-hydrogen) atoms. The van der Waals surface area contributed by atoms with Crippen molar-refractivity contribution in [2.24, 2.45) is 0 Å². The van der Waals surface area contributed by atoms with Gasteiger partial charge in [-0.15, -0.1) is 10.2 Å². The van der Waals surface area contributed by atoms with E-state index < -0.39 is 0 Å². The van der Waals surface area contributed by atoms with E-state index in [1.165, 1.54) is 19.3 Å². The van der Waals surface area contributed by atoms with Crippen molar-refractivity contribution in [2.45, 2.75) is 63.5 Å². The first-order chi connectivity index (χ1) is 11.6. The van der Waals surface area contributed by atoms with E-state index in [1.54, 1.807) is 6.07 Å². The monoisotopic (exact) mass is 350 g/mol. The summed E-state index contributed by atoms with van der Waals surface area (Å²) in [5.41, 5.74) is 0. The van der Waals surface area contributed by atoms with Crippen LogP contribution < -0.4 is 9.64 Å². The summed E-state index contributed by atoms with van der Waals surface area (Å²) in [5.74, 6) is 1.57. The van der Waals surface area contributed by atoms with Crippen molar-refractivity contribution < 1.29 is 9.76 Å². The predicted molar refractivity (Wildman–Crippen MR) is 94.6 cm³/mol. The molecule has 2 fully saturated rings. The molecule has 0 amide bonds. The van der Waals surface area contributed by atoms with Crippen LogP contribution >= 0.6 is 11.6 Å². The van der Waals surface area contributed by atoms with Gasteiger partial charge in [-0.2, -0.15) is 0 Å². The second kappa shape index (κ2) is 6.69. The van der Waals surface area contributed by atoms with Gasteiger partial charge < -0.3 is 19.5 Å². The Kier molecular flexibility index (Phi) is 4.58. The molecule has 1 N–H and O–H groups in total. The number of halogens is 1. The third-order valence-corrected chi connectivity index (χ3v) is 5.85. The minimum absolute atomic E-state index is 0.361. The largest absolute Gasteiger partial charge is 0.489 e. The van der Waals surface area contributed by atoms with Crippen LogP contribution in [0.2, 0.25) is 12.0 Å². The number of hydrogen-bond donors (Lipinski definition) is 1. The van der Waals surface area contributed by atoms with Crippen LogP contribution in [0.25, 0.3) is 0 Å². The van der Waals surface area contributed by atoms with E-state index in [2.05, 4.69) is 19.9 Å². The van der Waals surface area contributed by atoms with E-state index >= 15 is 0 Å². The highest BCUT2D eigenvalue weighted by molar-refractivity contribution is 6.45. The zero-order chi connectivity index (χ0) is 16.7. The van der Waals surface area contributed by atoms with E-state index in [9.17, 15) is 5.02 Å². The topological polar surface area (TPSA) is 61.7 Å².